The number of nitrogens with zero attached hydrogens (tertiary/aromatic N) is 1. The van der Waals surface area contributed by atoms with Crippen molar-refractivity contribution in [3.05, 3.63) is 34.6 Å². The number of nitrogens with one attached hydrogen (secondary N) is 1. The van der Waals surface area contributed by atoms with E-state index < -0.39 is 0 Å². The molecular weight excluding hydrogens is 287 g/mol. The molecule has 3 rings (SSSR count). The molecule has 1 saturated heterocycles. The van der Waals surface area contributed by atoms with Crippen LogP contribution in [-0.4, -0.2) is 31.1 Å². The predicted molar refractivity (Wildman–Crippen MR) is 85.2 cm³/mol. The molecular formula is C17H24ClFN2. The van der Waals surface area contributed by atoms with E-state index in [-0.39, 0.29) is 11.9 Å². The van der Waals surface area contributed by atoms with Gasteiger partial charge in [-0.05, 0) is 30.4 Å². The molecule has 0 radical (unpaired) electrons. The van der Waals surface area contributed by atoms with Crippen molar-refractivity contribution in [1.29, 1.82) is 0 Å². The molecule has 0 unspecified atom stereocenters. The van der Waals surface area contributed by atoms with Crippen molar-refractivity contribution in [3.63, 3.8) is 0 Å². The van der Waals surface area contributed by atoms with Gasteiger partial charge in [-0.1, -0.05) is 43.0 Å². The van der Waals surface area contributed by atoms with Gasteiger partial charge in [-0.15, -0.1) is 0 Å². The molecule has 0 bridgehead atoms. The molecule has 1 aliphatic heterocycles. The molecule has 1 aliphatic carbocycles. The van der Waals surface area contributed by atoms with Crippen LogP contribution in [0.4, 0.5) is 4.39 Å². The van der Waals surface area contributed by atoms with Crippen molar-refractivity contribution in [2.24, 2.45) is 5.92 Å². The molecule has 2 aliphatic rings. The molecule has 2 nitrogen and oxygen atoms in total. The molecule has 116 valence electrons. The fourth-order valence-corrected chi connectivity index (χ4v) is 4.15. The maximum atomic E-state index is 13.9. The van der Waals surface area contributed by atoms with E-state index in [0.29, 0.717) is 10.9 Å². The van der Waals surface area contributed by atoms with Crippen molar-refractivity contribution in [1.82, 2.24) is 10.2 Å². The van der Waals surface area contributed by atoms with Crippen molar-refractivity contribution in [2.75, 3.05) is 26.2 Å². The highest BCUT2D eigenvalue weighted by Crippen LogP contribution is 2.41. The highest BCUT2D eigenvalue weighted by atomic mass is 35.5. The van der Waals surface area contributed by atoms with Gasteiger partial charge >= 0.3 is 0 Å². The van der Waals surface area contributed by atoms with Crippen LogP contribution in [-0.2, 0) is 0 Å². The summed E-state index contributed by atoms with van der Waals surface area (Å²) in [6.45, 7) is 4.06. The number of piperazine rings is 1. The van der Waals surface area contributed by atoms with Crippen LogP contribution in [0.5, 0.6) is 0 Å². The van der Waals surface area contributed by atoms with Crippen LogP contribution in [0.1, 0.15) is 43.7 Å². The van der Waals surface area contributed by atoms with Gasteiger partial charge in [0.15, 0.2) is 0 Å². The van der Waals surface area contributed by atoms with Crippen LogP contribution in [0, 0.1) is 11.7 Å². The minimum Gasteiger partial charge on any atom is -0.314 e. The van der Waals surface area contributed by atoms with Crippen molar-refractivity contribution < 1.29 is 4.39 Å². The first-order valence-electron chi connectivity index (χ1n) is 8.16. The lowest BCUT2D eigenvalue weighted by Gasteiger charge is -2.41. The van der Waals surface area contributed by atoms with Crippen LogP contribution >= 0.6 is 11.6 Å². The Morgan fingerprint density at radius 1 is 1.14 bits per heavy atom. The lowest BCUT2D eigenvalue weighted by Crippen LogP contribution is -2.47. The number of halogens is 2. The molecule has 21 heavy (non-hydrogen) atoms. The summed E-state index contributed by atoms with van der Waals surface area (Å²) in [6, 6.07) is 5.55. The molecule has 1 N–H and O–H groups in total. The standard InChI is InChI=1S/C17H24ClFN2/c18-16-14(7-4-8-15(16)19)17(13-5-2-1-3-6-13)21-11-9-20-10-12-21/h4,7-8,13,17,20H,1-3,5-6,9-12H2/t17-/m0/s1. The monoisotopic (exact) mass is 310 g/mol. The van der Waals surface area contributed by atoms with Gasteiger partial charge in [-0.2, -0.15) is 0 Å². The first-order valence-corrected chi connectivity index (χ1v) is 8.54. The Morgan fingerprint density at radius 2 is 1.86 bits per heavy atom. The molecule has 0 aromatic heterocycles. The van der Waals surface area contributed by atoms with Crippen LogP contribution in [0.25, 0.3) is 0 Å². The highest BCUT2D eigenvalue weighted by Gasteiger charge is 2.32. The van der Waals surface area contributed by atoms with Gasteiger partial charge in [0.25, 0.3) is 0 Å². The van der Waals surface area contributed by atoms with Gasteiger partial charge in [0, 0.05) is 32.2 Å². The smallest absolute Gasteiger partial charge is 0.142 e. The summed E-state index contributed by atoms with van der Waals surface area (Å²) in [5.41, 5.74) is 0.991. The summed E-state index contributed by atoms with van der Waals surface area (Å²) in [7, 11) is 0. The molecule has 0 amide bonds. The van der Waals surface area contributed by atoms with Crippen LogP contribution in [0.2, 0.25) is 5.02 Å². The summed E-state index contributed by atoms with van der Waals surface area (Å²) < 4.78 is 13.9. The first kappa shape index (κ1) is 15.3. The van der Waals surface area contributed by atoms with E-state index in [4.69, 9.17) is 11.6 Å². The average molecular weight is 311 g/mol. The summed E-state index contributed by atoms with van der Waals surface area (Å²) in [5, 5.41) is 3.73. The van der Waals surface area contributed by atoms with Crippen molar-refractivity contribution in [3.8, 4) is 0 Å². The molecule has 2 fully saturated rings. The van der Waals surface area contributed by atoms with E-state index in [1.54, 1.807) is 6.07 Å². The highest BCUT2D eigenvalue weighted by molar-refractivity contribution is 6.31. The molecule has 1 heterocycles. The number of hydrogen-bond acceptors (Lipinski definition) is 2. The topological polar surface area (TPSA) is 15.3 Å². The number of hydrogen-bond donors (Lipinski definition) is 1. The van der Waals surface area contributed by atoms with Gasteiger partial charge in [0.05, 0.1) is 5.02 Å². The molecule has 1 aromatic carbocycles. The molecule has 1 atom stereocenters. The Morgan fingerprint density at radius 3 is 2.57 bits per heavy atom. The lowest BCUT2D eigenvalue weighted by molar-refractivity contribution is 0.103. The number of rotatable bonds is 3. The first-order chi connectivity index (χ1) is 10.3. The maximum Gasteiger partial charge on any atom is 0.142 e. The van der Waals surface area contributed by atoms with Gasteiger partial charge in [-0.25, -0.2) is 4.39 Å². The maximum absolute atomic E-state index is 13.9. The van der Waals surface area contributed by atoms with Crippen molar-refractivity contribution >= 4 is 11.6 Å². The van der Waals surface area contributed by atoms with Gasteiger partial charge < -0.3 is 5.32 Å². The van der Waals surface area contributed by atoms with E-state index in [1.165, 1.54) is 38.2 Å². The Bertz CT molecular complexity index is 450. The predicted octanol–water partition coefficient (Wildman–Crippen LogP) is 4.01. The summed E-state index contributed by atoms with van der Waals surface area (Å²) >= 11 is 6.31. The zero-order valence-corrected chi connectivity index (χ0v) is 13.2. The third kappa shape index (κ3) is 3.41. The van der Waals surface area contributed by atoms with E-state index >= 15 is 0 Å². The van der Waals surface area contributed by atoms with E-state index in [0.717, 1.165) is 31.7 Å². The minimum atomic E-state index is -0.287. The second-order valence-electron chi connectivity index (χ2n) is 6.27. The Labute approximate surface area is 131 Å². The van der Waals surface area contributed by atoms with E-state index in [1.807, 2.05) is 6.07 Å². The third-order valence-corrected chi connectivity index (χ3v) is 5.34. The summed E-state index contributed by atoms with van der Waals surface area (Å²) in [4.78, 5) is 2.51. The van der Waals surface area contributed by atoms with Gasteiger partial charge in [0.2, 0.25) is 0 Å². The fraction of sp³-hybridized carbons (Fsp3) is 0.647. The molecule has 4 heteroatoms. The van der Waals surface area contributed by atoms with Gasteiger partial charge in [0.1, 0.15) is 5.82 Å². The number of benzene rings is 1. The molecule has 0 spiro atoms. The summed E-state index contributed by atoms with van der Waals surface area (Å²) in [5.74, 6) is 0.321. The third-order valence-electron chi connectivity index (χ3n) is 4.94. The minimum absolute atomic E-state index is 0.274. The largest absolute Gasteiger partial charge is 0.314 e. The fourth-order valence-electron chi connectivity index (χ4n) is 3.91. The zero-order valence-electron chi connectivity index (χ0n) is 12.5. The zero-order chi connectivity index (χ0) is 14.7. The lowest BCUT2D eigenvalue weighted by atomic mass is 9.80. The van der Waals surface area contributed by atoms with E-state index in [9.17, 15) is 4.39 Å². The van der Waals surface area contributed by atoms with Crippen LogP contribution in [0.3, 0.4) is 0 Å². The van der Waals surface area contributed by atoms with Crippen LogP contribution in [0.15, 0.2) is 18.2 Å². The summed E-state index contributed by atoms with van der Waals surface area (Å²) in [6.07, 6.45) is 6.39. The second kappa shape index (κ2) is 7.08. The molecule has 1 aromatic rings. The van der Waals surface area contributed by atoms with E-state index in [2.05, 4.69) is 10.2 Å². The SMILES string of the molecule is Fc1cccc([C@H](C2CCCCC2)N2CCNCC2)c1Cl. The quantitative estimate of drug-likeness (QED) is 0.907. The Kier molecular flexibility index (Phi) is 5.15. The molecule has 1 saturated carbocycles. The average Bonchev–Trinajstić information content (AvgIpc) is 2.54. The van der Waals surface area contributed by atoms with Crippen LogP contribution < -0.4 is 5.32 Å². The van der Waals surface area contributed by atoms with Gasteiger partial charge in [-0.3, -0.25) is 4.90 Å². The van der Waals surface area contributed by atoms with Crippen molar-refractivity contribution in [2.45, 2.75) is 38.1 Å². The second-order valence-corrected chi connectivity index (χ2v) is 6.65. The normalized spacial score (nSPS) is 23.1. The Hall–Kier alpha value is -0.640. The Balaban J connectivity index is 1.91.